The fourth-order valence-electron chi connectivity index (χ4n) is 1.61. The van der Waals surface area contributed by atoms with Crippen LogP contribution < -0.4 is 16.2 Å². The lowest BCUT2D eigenvalue weighted by molar-refractivity contribution is 0.802. The van der Waals surface area contributed by atoms with Crippen LogP contribution in [0.25, 0.3) is 0 Å². The van der Waals surface area contributed by atoms with Gasteiger partial charge in [-0.1, -0.05) is 17.7 Å². The summed E-state index contributed by atoms with van der Waals surface area (Å²) in [5.74, 6) is 6.24. The summed E-state index contributed by atoms with van der Waals surface area (Å²) in [6.07, 6.45) is 0. The number of aryl methyl sites for hydroxylation is 1. The van der Waals surface area contributed by atoms with Crippen LogP contribution in [0.15, 0.2) is 29.3 Å². The summed E-state index contributed by atoms with van der Waals surface area (Å²) in [5.41, 5.74) is 5.01. The van der Waals surface area contributed by atoms with E-state index in [0.717, 1.165) is 12.2 Å². The molecule has 4 nitrogen and oxygen atoms in total. The molecular formula is C13H22N4. The fraction of sp³-hybridized carbons (Fsp3) is 0.462. The van der Waals surface area contributed by atoms with Crippen LogP contribution in [0.3, 0.4) is 0 Å². The molecule has 0 aliphatic rings. The van der Waals surface area contributed by atoms with E-state index in [-0.39, 0.29) is 6.04 Å². The Hall–Kier alpha value is -1.55. The second kappa shape index (κ2) is 6.25. The molecule has 4 heteroatoms. The van der Waals surface area contributed by atoms with Crippen LogP contribution in [0.5, 0.6) is 0 Å². The number of hydrogen-bond acceptors (Lipinski definition) is 2. The minimum Gasteiger partial charge on any atom is -0.312 e. The van der Waals surface area contributed by atoms with Gasteiger partial charge in [0, 0.05) is 18.3 Å². The van der Waals surface area contributed by atoms with Crippen LogP contribution in [0.1, 0.15) is 26.3 Å². The number of hydrogen-bond donors (Lipinski definition) is 2. The summed E-state index contributed by atoms with van der Waals surface area (Å²) in [6, 6.07) is 8.53. The lowest BCUT2D eigenvalue weighted by atomic mass is 10.2. The Bertz CT molecular complexity index is 368. The van der Waals surface area contributed by atoms with Crippen molar-refractivity contribution in [2.24, 2.45) is 10.8 Å². The number of aliphatic imine (C=N–C) groups is 1. The van der Waals surface area contributed by atoms with Gasteiger partial charge in [-0.2, -0.15) is 0 Å². The number of benzene rings is 1. The molecule has 0 atom stereocenters. The first-order valence-electron chi connectivity index (χ1n) is 5.97. The van der Waals surface area contributed by atoms with Crippen molar-refractivity contribution in [1.29, 1.82) is 0 Å². The van der Waals surface area contributed by atoms with Gasteiger partial charge in [-0.25, -0.2) is 10.8 Å². The van der Waals surface area contributed by atoms with E-state index >= 15 is 0 Å². The molecule has 3 N–H and O–H groups in total. The molecule has 0 bridgehead atoms. The number of nitrogens with two attached hydrogens (primary N) is 1. The average molecular weight is 234 g/mol. The molecule has 0 spiro atoms. The third kappa shape index (κ3) is 3.75. The molecule has 0 saturated carbocycles. The third-order valence-electron chi connectivity index (χ3n) is 2.43. The van der Waals surface area contributed by atoms with Crippen molar-refractivity contribution in [2.45, 2.75) is 33.7 Å². The Morgan fingerprint density at radius 1 is 1.35 bits per heavy atom. The minimum atomic E-state index is 0.209. The Morgan fingerprint density at radius 2 is 1.94 bits per heavy atom. The molecule has 0 aromatic heterocycles. The first kappa shape index (κ1) is 13.5. The zero-order valence-electron chi connectivity index (χ0n) is 11.1. The first-order chi connectivity index (χ1) is 8.08. The lowest BCUT2D eigenvalue weighted by Gasteiger charge is -2.24. The topological polar surface area (TPSA) is 53.6 Å². The molecule has 0 saturated heterocycles. The summed E-state index contributed by atoms with van der Waals surface area (Å²) < 4.78 is 0. The van der Waals surface area contributed by atoms with Gasteiger partial charge in [-0.05, 0) is 39.8 Å². The van der Waals surface area contributed by atoms with E-state index in [9.17, 15) is 0 Å². The van der Waals surface area contributed by atoms with E-state index in [2.05, 4.69) is 53.4 Å². The number of guanidine groups is 1. The molecule has 0 aliphatic carbocycles. The van der Waals surface area contributed by atoms with Gasteiger partial charge >= 0.3 is 0 Å². The normalized spacial score (nSPS) is 11.8. The predicted octanol–water partition coefficient (Wildman–Crippen LogP) is 2.05. The molecule has 0 radical (unpaired) electrons. The van der Waals surface area contributed by atoms with Crippen molar-refractivity contribution < 1.29 is 0 Å². The van der Waals surface area contributed by atoms with Gasteiger partial charge in [0.25, 0.3) is 0 Å². The quantitative estimate of drug-likeness (QED) is 0.364. The fourth-order valence-corrected chi connectivity index (χ4v) is 1.61. The summed E-state index contributed by atoms with van der Waals surface area (Å²) in [5, 5.41) is 0. The van der Waals surface area contributed by atoms with Gasteiger partial charge in [-0.15, -0.1) is 0 Å². The molecule has 0 unspecified atom stereocenters. The third-order valence-corrected chi connectivity index (χ3v) is 2.43. The highest BCUT2D eigenvalue weighted by Crippen LogP contribution is 2.15. The lowest BCUT2D eigenvalue weighted by Crippen LogP contribution is -2.45. The minimum absolute atomic E-state index is 0.209. The number of rotatable bonds is 3. The Kier molecular flexibility index (Phi) is 4.97. The molecule has 1 rings (SSSR count). The van der Waals surface area contributed by atoms with Crippen LogP contribution >= 0.6 is 0 Å². The van der Waals surface area contributed by atoms with Gasteiger partial charge in [0.2, 0.25) is 5.96 Å². The highest BCUT2D eigenvalue weighted by molar-refractivity contribution is 5.95. The van der Waals surface area contributed by atoms with E-state index in [1.54, 1.807) is 0 Å². The SMILES string of the molecule is CCN(C(=NC(C)C)NN)c1ccc(C)cc1. The van der Waals surface area contributed by atoms with Crippen LogP contribution in [0.4, 0.5) is 5.69 Å². The molecule has 94 valence electrons. The second-order valence-corrected chi connectivity index (χ2v) is 4.27. The van der Waals surface area contributed by atoms with Crippen molar-refractivity contribution in [1.82, 2.24) is 5.43 Å². The summed E-state index contributed by atoms with van der Waals surface area (Å²) in [6.45, 7) is 9.02. The average Bonchev–Trinajstić information content (AvgIpc) is 2.30. The van der Waals surface area contributed by atoms with E-state index in [4.69, 9.17) is 5.84 Å². The van der Waals surface area contributed by atoms with Crippen molar-refractivity contribution in [3.63, 3.8) is 0 Å². The van der Waals surface area contributed by atoms with Crippen LogP contribution in [0, 0.1) is 6.92 Å². The maximum atomic E-state index is 5.54. The smallest absolute Gasteiger partial charge is 0.213 e. The largest absolute Gasteiger partial charge is 0.312 e. The van der Waals surface area contributed by atoms with E-state index < -0.39 is 0 Å². The van der Waals surface area contributed by atoms with Gasteiger partial charge in [0.15, 0.2) is 0 Å². The first-order valence-corrected chi connectivity index (χ1v) is 5.97. The molecule has 17 heavy (non-hydrogen) atoms. The van der Waals surface area contributed by atoms with E-state index in [1.165, 1.54) is 5.56 Å². The monoisotopic (exact) mass is 234 g/mol. The zero-order valence-corrected chi connectivity index (χ0v) is 11.1. The molecule has 0 fully saturated rings. The van der Waals surface area contributed by atoms with E-state index in [1.807, 2.05) is 13.8 Å². The van der Waals surface area contributed by atoms with Crippen LogP contribution in [0.2, 0.25) is 0 Å². The number of hydrazine groups is 1. The van der Waals surface area contributed by atoms with Crippen LogP contribution in [-0.4, -0.2) is 18.5 Å². The van der Waals surface area contributed by atoms with Crippen molar-refractivity contribution in [2.75, 3.05) is 11.4 Å². The molecule has 1 aromatic carbocycles. The second-order valence-electron chi connectivity index (χ2n) is 4.27. The van der Waals surface area contributed by atoms with Gasteiger partial charge in [0.05, 0.1) is 0 Å². The highest BCUT2D eigenvalue weighted by atomic mass is 15.4. The van der Waals surface area contributed by atoms with Crippen molar-refractivity contribution >= 4 is 11.6 Å². The van der Waals surface area contributed by atoms with Crippen molar-refractivity contribution in [3.8, 4) is 0 Å². The molecule has 0 amide bonds. The molecule has 0 aliphatic heterocycles. The van der Waals surface area contributed by atoms with Crippen LogP contribution in [-0.2, 0) is 0 Å². The highest BCUT2D eigenvalue weighted by Gasteiger charge is 2.10. The Balaban J connectivity index is 3.01. The zero-order chi connectivity index (χ0) is 12.8. The molecular weight excluding hydrogens is 212 g/mol. The number of nitrogens with one attached hydrogen (secondary N) is 1. The number of anilines is 1. The molecule has 1 aromatic rings. The summed E-state index contributed by atoms with van der Waals surface area (Å²) in [4.78, 5) is 6.53. The van der Waals surface area contributed by atoms with E-state index in [0.29, 0.717) is 5.96 Å². The maximum absolute atomic E-state index is 5.54. The van der Waals surface area contributed by atoms with Gasteiger partial charge in [-0.3, -0.25) is 5.43 Å². The van der Waals surface area contributed by atoms with Crippen molar-refractivity contribution in [3.05, 3.63) is 29.8 Å². The maximum Gasteiger partial charge on any atom is 0.213 e. The summed E-state index contributed by atoms with van der Waals surface area (Å²) >= 11 is 0. The molecule has 0 heterocycles. The Labute approximate surface area is 104 Å². The predicted molar refractivity (Wildman–Crippen MR) is 74.1 cm³/mol. The van der Waals surface area contributed by atoms with Gasteiger partial charge in [0.1, 0.15) is 0 Å². The summed E-state index contributed by atoms with van der Waals surface area (Å²) in [7, 11) is 0. The standard InChI is InChI=1S/C13H22N4/c1-5-17(13(16-14)15-10(2)3)12-8-6-11(4)7-9-12/h6-10H,5,14H2,1-4H3,(H,15,16). The number of nitrogens with zero attached hydrogens (tertiary/aromatic N) is 2. The Morgan fingerprint density at radius 3 is 2.35 bits per heavy atom. The van der Waals surface area contributed by atoms with Gasteiger partial charge < -0.3 is 4.90 Å².